The van der Waals surface area contributed by atoms with E-state index < -0.39 is 0 Å². The zero-order valence-electron chi connectivity index (χ0n) is 10.4. The minimum absolute atomic E-state index is 0.0123. The molecule has 0 fully saturated rings. The van der Waals surface area contributed by atoms with Crippen molar-refractivity contribution in [2.24, 2.45) is 0 Å². The maximum absolute atomic E-state index is 11.6. The summed E-state index contributed by atoms with van der Waals surface area (Å²) in [6.07, 6.45) is 0.327. The van der Waals surface area contributed by atoms with Crippen LogP contribution in [0.15, 0.2) is 39.5 Å². The number of rotatable bonds is 3. The summed E-state index contributed by atoms with van der Waals surface area (Å²) in [5.74, 6) is -0.0123. The van der Waals surface area contributed by atoms with Gasteiger partial charge in [0.05, 0.1) is 6.42 Å². The number of fused-ring (bicyclic) bond motifs is 1. The first-order chi connectivity index (χ1) is 8.54. The smallest absolute Gasteiger partial charge is 0.336 e. The average molecular weight is 245 g/mol. The van der Waals surface area contributed by atoms with Gasteiger partial charge in [0.15, 0.2) is 0 Å². The van der Waals surface area contributed by atoms with E-state index in [1.54, 1.807) is 18.2 Å². The van der Waals surface area contributed by atoms with Gasteiger partial charge in [0, 0.05) is 17.5 Å². The number of hydrogen-bond acceptors (Lipinski definition) is 3. The molecule has 0 radical (unpaired) electrons. The molecule has 4 nitrogen and oxygen atoms in total. The second-order valence-electron chi connectivity index (χ2n) is 4.53. The molecule has 1 N–H and O–H groups in total. The molecule has 1 aromatic carbocycles. The maximum Gasteiger partial charge on any atom is 0.336 e. The quantitative estimate of drug-likeness (QED) is 0.840. The van der Waals surface area contributed by atoms with Gasteiger partial charge in [-0.15, -0.1) is 0 Å². The van der Waals surface area contributed by atoms with Crippen LogP contribution in [0.3, 0.4) is 0 Å². The number of carbonyl (C=O) groups is 1. The van der Waals surface area contributed by atoms with Crippen LogP contribution in [0.2, 0.25) is 0 Å². The van der Waals surface area contributed by atoms with Gasteiger partial charge >= 0.3 is 5.63 Å². The van der Waals surface area contributed by atoms with Crippen LogP contribution in [0.4, 0.5) is 0 Å². The fourth-order valence-electron chi connectivity index (χ4n) is 1.79. The summed E-state index contributed by atoms with van der Waals surface area (Å²) in [6.45, 7) is 3.85. The second-order valence-corrected chi connectivity index (χ2v) is 4.53. The third kappa shape index (κ3) is 2.97. The summed E-state index contributed by atoms with van der Waals surface area (Å²) in [5, 5.41) is 3.66. The van der Waals surface area contributed by atoms with Crippen molar-refractivity contribution in [2.75, 3.05) is 0 Å². The van der Waals surface area contributed by atoms with E-state index in [-0.39, 0.29) is 17.6 Å². The van der Waals surface area contributed by atoms with Crippen molar-refractivity contribution in [3.8, 4) is 0 Å². The van der Waals surface area contributed by atoms with E-state index in [9.17, 15) is 9.59 Å². The predicted octanol–water partition coefficient (Wildman–Crippen LogP) is 1.86. The molecule has 0 saturated carbocycles. The normalized spacial score (nSPS) is 10.8. The van der Waals surface area contributed by atoms with E-state index in [4.69, 9.17) is 4.42 Å². The van der Waals surface area contributed by atoms with Gasteiger partial charge in [-0.05, 0) is 37.6 Å². The van der Waals surface area contributed by atoms with Crippen LogP contribution in [0.25, 0.3) is 11.0 Å². The van der Waals surface area contributed by atoms with Crippen molar-refractivity contribution < 1.29 is 9.21 Å². The first-order valence-corrected chi connectivity index (χ1v) is 5.87. The molecule has 0 spiro atoms. The van der Waals surface area contributed by atoms with Gasteiger partial charge in [-0.3, -0.25) is 4.79 Å². The Morgan fingerprint density at radius 1 is 1.28 bits per heavy atom. The van der Waals surface area contributed by atoms with Crippen LogP contribution in [0.1, 0.15) is 19.4 Å². The van der Waals surface area contributed by atoms with E-state index in [0.717, 1.165) is 10.9 Å². The Morgan fingerprint density at radius 3 is 2.78 bits per heavy atom. The molecule has 0 aliphatic rings. The van der Waals surface area contributed by atoms with Crippen LogP contribution in [-0.2, 0) is 11.2 Å². The molecule has 4 heteroatoms. The highest BCUT2D eigenvalue weighted by Gasteiger charge is 2.06. The minimum atomic E-state index is -0.368. The molecule has 0 saturated heterocycles. The molecule has 18 heavy (non-hydrogen) atoms. The van der Waals surface area contributed by atoms with Gasteiger partial charge in [-0.2, -0.15) is 0 Å². The summed E-state index contributed by atoms with van der Waals surface area (Å²) in [7, 11) is 0. The highest BCUT2D eigenvalue weighted by molar-refractivity contribution is 5.82. The molecular formula is C14H15NO3. The Kier molecular flexibility index (Phi) is 3.46. The standard InChI is InChI=1S/C14H15NO3/c1-9(2)15-13(16)8-10-3-5-12-11(7-10)4-6-14(17)18-12/h3-7,9H,8H2,1-2H3,(H,15,16). The number of hydrogen-bond donors (Lipinski definition) is 1. The summed E-state index contributed by atoms with van der Waals surface area (Å²) in [6, 6.07) is 8.58. The lowest BCUT2D eigenvalue weighted by Gasteiger charge is -2.08. The molecule has 0 aliphatic carbocycles. The lowest BCUT2D eigenvalue weighted by atomic mass is 10.1. The number of benzene rings is 1. The molecular weight excluding hydrogens is 230 g/mol. The summed E-state index contributed by atoms with van der Waals surface area (Å²) >= 11 is 0. The van der Waals surface area contributed by atoms with E-state index >= 15 is 0 Å². The lowest BCUT2D eigenvalue weighted by Crippen LogP contribution is -2.31. The molecule has 1 heterocycles. The Balaban J connectivity index is 2.22. The van der Waals surface area contributed by atoms with Gasteiger partial charge in [-0.25, -0.2) is 4.79 Å². The Morgan fingerprint density at radius 2 is 2.06 bits per heavy atom. The van der Waals surface area contributed by atoms with Crippen molar-refractivity contribution >= 4 is 16.9 Å². The topological polar surface area (TPSA) is 59.3 Å². The third-order valence-electron chi connectivity index (χ3n) is 2.50. The summed E-state index contributed by atoms with van der Waals surface area (Å²) in [5.41, 5.74) is 1.07. The van der Waals surface area contributed by atoms with Crippen LogP contribution in [0, 0.1) is 0 Å². The van der Waals surface area contributed by atoms with E-state index in [0.29, 0.717) is 12.0 Å². The van der Waals surface area contributed by atoms with Gasteiger partial charge < -0.3 is 9.73 Å². The molecule has 1 aromatic heterocycles. The first-order valence-electron chi connectivity index (χ1n) is 5.87. The highest BCUT2D eigenvalue weighted by atomic mass is 16.4. The fourth-order valence-corrected chi connectivity index (χ4v) is 1.79. The zero-order valence-corrected chi connectivity index (χ0v) is 10.4. The fraction of sp³-hybridized carbons (Fsp3) is 0.286. The van der Waals surface area contributed by atoms with Crippen molar-refractivity contribution in [3.63, 3.8) is 0 Å². The van der Waals surface area contributed by atoms with Crippen molar-refractivity contribution in [1.29, 1.82) is 0 Å². The van der Waals surface area contributed by atoms with E-state index in [2.05, 4.69) is 5.32 Å². The largest absolute Gasteiger partial charge is 0.423 e. The third-order valence-corrected chi connectivity index (χ3v) is 2.50. The Bertz CT molecular complexity index is 628. The van der Waals surface area contributed by atoms with Crippen molar-refractivity contribution in [3.05, 3.63) is 46.3 Å². The van der Waals surface area contributed by atoms with E-state index in [1.807, 2.05) is 19.9 Å². The molecule has 2 rings (SSSR count). The minimum Gasteiger partial charge on any atom is -0.423 e. The van der Waals surface area contributed by atoms with Crippen molar-refractivity contribution in [2.45, 2.75) is 26.3 Å². The monoisotopic (exact) mass is 245 g/mol. The molecule has 0 bridgehead atoms. The maximum atomic E-state index is 11.6. The lowest BCUT2D eigenvalue weighted by molar-refractivity contribution is -0.120. The summed E-state index contributed by atoms with van der Waals surface area (Å²) < 4.78 is 5.03. The van der Waals surface area contributed by atoms with E-state index in [1.165, 1.54) is 6.07 Å². The van der Waals surface area contributed by atoms with Gasteiger partial charge in [-0.1, -0.05) is 6.07 Å². The average Bonchev–Trinajstić information content (AvgIpc) is 2.28. The van der Waals surface area contributed by atoms with Crippen LogP contribution >= 0.6 is 0 Å². The van der Waals surface area contributed by atoms with Crippen LogP contribution < -0.4 is 10.9 Å². The molecule has 0 atom stereocenters. The number of amides is 1. The SMILES string of the molecule is CC(C)NC(=O)Cc1ccc2oc(=O)ccc2c1. The van der Waals surface area contributed by atoms with Crippen LogP contribution in [-0.4, -0.2) is 11.9 Å². The van der Waals surface area contributed by atoms with Crippen molar-refractivity contribution in [1.82, 2.24) is 5.32 Å². The van der Waals surface area contributed by atoms with Gasteiger partial charge in [0.1, 0.15) is 5.58 Å². The van der Waals surface area contributed by atoms with Gasteiger partial charge in [0.2, 0.25) is 5.91 Å². The highest BCUT2D eigenvalue weighted by Crippen LogP contribution is 2.14. The molecule has 94 valence electrons. The molecule has 1 amide bonds. The Labute approximate surface area is 105 Å². The molecule has 0 aliphatic heterocycles. The number of carbonyl (C=O) groups excluding carboxylic acids is 1. The predicted molar refractivity (Wildman–Crippen MR) is 69.5 cm³/mol. The zero-order chi connectivity index (χ0) is 13.1. The first kappa shape index (κ1) is 12.4. The second kappa shape index (κ2) is 5.04. The number of nitrogens with one attached hydrogen (secondary N) is 1. The van der Waals surface area contributed by atoms with Crippen LogP contribution in [0.5, 0.6) is 0 Å². The Hall–Kier alpha value is -2.10. The molecule has 2 aromatic rings. The molecule has 0 unspecified atom stereocenters. The van der Waals surface area contributed by atoms with Gasteiger partial charge in [0.25, 0.3) is 0 Å². The summed E-state index contributed by atoms with van der Waals surface area (Å²) in [4.78, 5) is 22.7.